The Bertz CT molecular complexity index is 1530. The average Bonchev–Trinajstić information content (AvgIpc) is 3.34. The highest BCUT2D eigenvalue weighted by atomic mass is 32.2. The average molecular weight is 545 g/mol. The number of benzene rings is 2. The van der Waals surface area contributed by atoms with Crippen molar-refractivity contribution in [3.8, 4) is 22.9 Å². The molecule has 2 aromatic heterocycles. The Morgan fingerprint density at radius 3 is 2.64 bits per heavy atom. The summed E-state index contributed by atoms with van der Waals surface area (Å²) in [4.78, 5) is 29.6. The molecule has 39 heavy (non-hydrogen) atoms. The molecule has 3 heterocycles. The van der Waals surface area contributed by atoms with Gasteiger partial charge in [-0.05, 0) is 36.6 Å². The topological polar surface area (TPSA) is 119 Å². The highest BCUT2D eigenvalue weighted by molar-refractivity contribution is 7.98. The lowest BCUT2D eigenvalue weighted by Gasteiger charge is -2.19. The number of rotatable bonds is 6. The van der Waals surface area contributed by atoms with E-state index in [2.05, 4.69) is 41.7 Å². The standard InChI is InChI=1S/C28H28N6O4S/c1-28(2,3)22-15-23(34(33-22)17-8-6-5-7-9-17)31-27(36)30-19-11-10-18(14-21(19)39-4)38-20-12-13-29-26-25(20)37-16-24(35)32-26/h5-15H,16H2,1-4H3,(H,29,32,35)(H2,30,31,36). The van der Waals surface area contributed by atoms with Crippen molar-refractivity contribution in [1.29, 1.82) is 0 Å². The molecule has 200 valence electrons. The third kappa shape index (κ3) is 5.83. The number of para-hydroxylation sites is 1. The van der Waals surface area contributed by atoms with Crippen LogP contribution in [-0.2, 0) is 10.2 Å². The molecule has 0 spiro atoms. The molecule has 0 fully saturated rings. The summed E-state index contributed by atoms with van der Waals surface area (Å²) in [6.07, 6.45) is 3.44. The van der Waals surface area contributed by atoms with Crippen LogP contribution in [0.2, 0.25) is 0 Å². The normalized spacial score (nSPS) is 12.7. The number of pyridine rings is 1. The summed E-state index contributed by atoms with van der Waals surface area (Å²) >= 11 is 1.46. The Balaban J connectivity index is 1.34. The van der Waals surface area contributed by atoms with Crippen molar-refractivity contribution in [3.63, 3.8) is 0 Å². The lowest BCUT2D eigenvalue weighted by Crippen LogP contribution is -2.26. The molecule has 11 heteroatoms. The zero-order valence-corrected chi connectivity index (χ0v) is 22.8. The van der Waals surface area contributed by atoms with Gasteiger partial charge in [0.1, 0.15) is 11.6 Å². The van der Waals surface area contributed by atoms with Gasteiger partial charge in [0.2, 0.25) is 5.75 Å². The van der Waals surface area contributed by atoms with Crippen LogP contribution < -0.4 is 25.4 Å². The first-order chi connectivity index (χ1) is 18.7. The predicted octanol–water partition coefficient (Wildman–Crippen LogP) is 6.05. The van der Waals surface area contributed by atoms with E-state index in [1.165, 1.54) is 18.0 Å². The Kier molecular flexibility index (Phi) is 7.16. The molecule has 3 amide bonds. The Labute approximate surface area is 230 Å². The smallest absolute Gasteiger partial charge is 0.324 e. The van der Waals surface area contributed by atoms with E-state index >= 15 is 0 Å². The van der Waals surface area contributed by atoms with E-state index in [-0.39, 0.29) is 17.9 Å². The maximum absolute atomic E-state index is 13.1. The molecular weight excluding hydrogens is 516 g/mol. The van der Waals surface area contributed by atoms with Gasteiger partial charge in [-0.2, -0.15) is 5.10 Å². The zero-order valence-electron chi connectivity index (χ0n) is 21.9. The summed E-state index contributed by atoms with van der Waals surface area (Å²) in [5.41, 5.74) is 2.13. The molecule has 0 radical (unpaired) electrons. The summed E-state index contributed by atoms with van der Waals surface area (Å²) in [6, 6.07) is 18.1. The number of hydrogen-bond acceptors (Lipinski definition) is 7. The highest BCUT2D eigenvalue weighted by Crippen LogP contribution is 2.39. The maximum Gasteiger partial charge on any atom is 0.324 e. The summed E-state index contributed by atoms with van der Waals surface area (Å²) < 4.78 is 13.3. The molecular formula is C28H28N6O4S. The molecule has 1 aliphatic rings. The summed E-state index contributed by atoms with van der Waals surface area (Å²) in [5, 5.41) is 13.3. The van der Waals surface area contributed by atoms with E-state index in [0.717, 1.165) is 16.3 Å². The van der Waals surface area contributed by atoms with Crippen LogP contribution in [0.15, 0.2) is 71.8 Å². The minimum Gasteiger partial charge on any atom is -0.476 e. The number of carbonyl (C=O) groups excluding carboxylic acids is 2. The predicted molar refractivity (Wildman–Crippen MR) is 152 cm³/mol. The number of fused-ring (bicyclic) bond motifs is 1. The third-order valence-electron chi connectivity index (χ3n) is 5.84. The first kappa shape index (κ1) is 26.1. The Morgan fingerprint density at radius 1 is 1.10 bits per heavy atom. The summed E-state index contributed by atoms with van der Waals surface area (Å²) in [6.45, 7) is 6.12. The maximum atomic E-state index is 13.1. The molecule has 0 saturated heterocycles. The second-order valence-corrected chi connectivity index (χ2v) is 10.6. The molecule has 4 aromatic rings. The van der Waals surface area contributed by atoms with Crippen molar-refractivity contribution in [1.82, 2.24) is 14.8 Å². The van der Waals surface area contributed by atoms with Gasteiger partial charge in [-0.3, -0.25) is 10.1 Å². The molecule has 5 rings (SSSR count). The number of hydrogen-bond donors (Lipinski definition) is 3. The molecule has 0 atom stereocenters. The van der Waals surface area contributed by atoms with Crippen LogP contribution >= 0.6 is 11.8 Å². The second-order valence-electron chi connectivity index (χ2n) is 9.78. The van der Waals surface area contributed by atoms with E-state index in [4.69, 9.17) is 14.6 Å². The largest absolute Gasteiger partial charge is 0.476 e. The van der Waals surface area contributed by atoms with Crippen LogP contribution in [0.25, 0.3) is 5.69 Å². The van der Waals surface area contributed by atoms with E-state index in [9.17, 15) is 9.59 Å². The molecule has 0 saturated carbocycles. The van der Waals surface area contributed by atoms with Crippen LogP contribution in [-0.4, -0.2) is 39.6 Å². The van der Waals surface area contributed by atoms with Crippen molar-refractivity contribution in [2.24, 2.45) is 0 Å². The van der Waals surface area contributed by atoms with Crippen molar-refractivity contribution >= 4 is 41.0 Å². The molecule has 3 N–H and O–H groups in total. The Hall–Kier alpha value is -4.51. The van der Waals surface area contributed by atoms with Gasteiger partial charge < -0.3 is 20.1 Å². The molecule has 2 aromatic carbocycles. The van der Waals surface area contributed by atoms with Gasteiger partial charge in [-0.15, -0.1) is 11.8 Å². The van der Waals surface area contributed by atoms with E-state index in [1.807, 2.05) is 48.7 Å². The molecule has 0 aliphatic carbocycles. The number of thioether (sulfide) groups is 1. The number of aromatic nitrogens is 3. The summed E-state index contributed by atoms with van der Waals surface area (Å²) in [5.74, 6) is 1.93. The molecule has 1 aliphatic heterocycles. The fourth-order valence-corrected chi connectivity index (χ4v) is 4.46. The minimum atomic E-state index is -0.399. The van der Waals surface area contributed by atoms with E-state index in [0.29, 0.717) is 34.6 Å². The molecule has 0 bridgehead atoms. The minimum absolute atomic E-state index is 0.108. The van der Waals surface area contributed by atoms with Crippen LogP contribution in [0.4, 0.5) is 22.1 Å². The van der Waals surface area contributed by atoms with E-state index < -0.39 is 6.03 Å². The third-order valence-corrected chi connectivity index (χ3v) is 6.62. The number of carbonyl (C=O) groups is 2. The quantitative estimate of drug-likeness (QED) is 0.253. The van der Waals surface area contributed by atoms with Crippen LogP contribution in [0.1, 0.15) is 26.5 Å². The van der Waals surface area contributed by atoms with Crippen molar-refractivity contribution in [2.45, 2.75) is 31.1 Å². The lowest BCUT2D eigenvalue weighted by molar-refractivity contribution is -0.118. The van der Waals surface area contributed by atoms with Crippen LogP contribution in [0.5, 0.6) is 17.2 Å². The number of anilines is 3. The SMILES string of the molecule is CSc1cc(Oc2ccnc3c2OCC(=O)N3)ccc1NC(=O)Nc1cc(C(C)(C)C)nn1-c1ccccc1. The van der Waals surface area contributed by atoms with Gasteiger partial charge in [-0.25, -0.2) is 14.5 Å². The number of nitrogens with one attached hydrogen (secondary N) is 3. The first-order valence-corrected chi connectivity index (χ1v) is 13.5. The van der Waals surface area contributed by atoms with Gasteiger partial charge in [0.05, 0.1) is 17.1 Å². The first-order valence-electron chi connectivity index (χ1n) is 12.2. The van der Waals surface area contributed by atoms with Crippen molar-refractivity contribution < 1.29 is 19.1 Å². The monoisotopic (exact) mass is 544 g/mol. The number of ether oxygens (including phenoxy) is 2. The second kappa shape index (κ2) is 10.7. The van der Waals surface area contributed by atoms with Crippen molar-refractivity contribution in [3.05, 3.63) is 72.6 Å². The fourth-order valence-electron chi connectivity index (χ4n) is 3.88. The molecule has 10 nitrogen and oxygen atoms in total. The number of amides is 3. The van der Waals surface area contributed by atoms with Crippen molar-refractivity contribution in [2.75, 3.05) is 28.8 Å². The van der Waals surface area contributed by atoms with Crippen LogP contribution in [0.3, 0.4) is 0 Å². The van der Waals surface area contributed by atoms with Gasteiger partial charge in [-0.1, -0.05) is 39.0 Å². The fraction of sp³-hybridized carbons (Fsp3) is 0.214. The van der Waals surface area contributed by atoms with Gasteiger partial charge >= 0.3 is 6.03 Å². The summed E-state index contributed by atoms with van der Waals surface area (Å²) in [7, 11) is 0. The Morgan fingerprint density at radius 2 is 1.90 bits per heavy atom. The van der Waals surface area contributed by atoms with Gasteiger partial charge in [0.25, 0.3) is 5.91 Å². The van der Waals surface area contributed by atoms with Gasteiger partial charge in [0.15, 0.2) is 18.2 Å². The lowest BCUT2D eigenvalue weighted by atomic mass is 9.92. The highest BCUT2D eigenvalue weighted by Gasteiger charge is 2.23. The zero-order chi connectivity index (χ0) is 27.6. The van der Waals surface area contributed by atoms with E-state index in [1.54, 1.807) is 22.9 Å². The molecule has 0 unspecified atom stereocenters. The van der Waals surface area contributed by atoms with Crippen LogP contribution in [0, 0.1) is 0 Å². The number of nitrogens with zero attached hydrogens (tertiary/aromatic N) is 3. The van der Waals surface area contributed by atoms with Gasteiger partial charge in [0, 0.05) is 28.6 Å². The number of urea groups is 1.